The lowest BCUT2D eigenvalue weighted by atomic mass is 10.1. The SMILES string of the molecule is CC(C#N)OCCNc1ccc(OCC(F)F)c(C(F)(F)F)c1. The zero-order valence-corrected chi connectivity index (χ0v) is 12.2. The van der Waals surface area contributed by atoms with Crippen LogP contribution < -0.4 is 10.1 Å². The number of hydrogen-bond donors (Lipinski definition) is 1. The zero-order valence-electron chi connectivity index (χ0n) is 12.2. The van der Waals surface area contributed by atoms with Crippen LogP contribution in [0.1, 0.15) is 12.5 Å². The fourth-order valence-corrected chi connectivity index (χ4v) is 1.61. The van der Waals surface area contributed by atoms with Crippen LogP contribution >= 0.6 is 0 Å². The highest BCUT2D eigenvalue weighted by Crippen LogP contribution is 2.38. The molecule has 4 nitrogen and oxygen atoms in total. The van der Waals surface area contributed by atoms with Gasteiger partial charge < -0.3 is 14.8 Å². The van der Waals surface area contributed by atoms with E-state index in [-0.39, 0.29) is 18.8 Å². The number of nitriles is 1. The first kappa shape index (κ1) is 19.0. The third-order valence-electron chi connectivity index (χ3n) is 2.63. The Hall–Kier alpha value is -2.08. The molecule has 0 aliphatic carbocycles. The van der Waals surface area contributed by atoms with Crippen LogP contribution in [0, 0.1) is 11.3 Å². The van der Waals surface area contributed by atoms with Gasteiger partial charge in [-0.2, -0.15) is 18.4 Å². The molecule has 0 amide bonds. The summed E-state index contributed by atoms with van der Waals surface area (Å²) in [6, 6.07) is 4.88. The van der Waals surface area contributed by atoms with E-state index >= 15 is 0 Å². The minimum atomic E-state index is -4.74. The van der Waals surface area contributed by atoms with E-state index in [4.69, 9.17) is 10.00 Å². The summed E-state index contributed by atoms with van der Waals surface area (Å²) >= 11 is 0. The molecular weight excluding hydrogens is 323 g/mol. The lowest BCUT2D eigenvalue weighted by Crippen LogP contribution is -2.16. The molecule has 0 fully saturated rings. The van der Waals surface area contributed by atoms with Gasteiger partial charge >= 0.3 is 6.18 Å². The van der Waals surface area contributed by atoms with E-state index in [1.807, 2.05) is 6.07 Å². The summed E-state index contributed by atoms with van der Waals surface area (Å²) in [5, 5.41) is 11.2. The van der Waals surface area contributed by atoms with Crippen LogP contribution in [0.15, 0.2) is 18.2 Å². The summed E-state index contributed by atoms with van der Waals surface area (Å²) in [6.45, 7) is 0.729. The lowest BCUT2D eigenvalue weighted by Gasteiger charge is -2.16. The summed E-state index contributed by atoms with van der Waals surface area (Å²) in [4.78, 5) is 0. The van der Waals surface area contributed by atoms with E-state index in [2.05, 4.69) is 10.1 Å². The van der Waals surface area contributed by atoms with Gasteiger partial charge in [-0.3, -0.25) is 0 Å². The molecule has 0 radical (unpaired) electrons. The molecule has 0 aliphatic heterocycles. The fraction of sp³-hybridized carbons (Fsp3) is 0.500. The van der Waals surface area contributed by atoms with Gasteiger partial charge in [0.15, 0.2) is 0 Å². The third kappa shape index (κ3) is 6.69. The summed E-state index contributed by atoms with van der Waals surface area (Å²) in [5.41, 5.74) is -1.01. The van der Waals surface area contributed by atoms with E-state index in [9.17, 15) is 22.0 Å². The number of benzene rings is 1. The molecule has 0 bridgehead atoms. The number of nitrogens with zero attached hydrogens (tertiary/aromatic N) is 1. The molecule has 1 N–H and O–H groups in total. The molecule has 0 saturated carbocycles. The fourth-order valence-electron chi connectivity index (χ4n) is 1.61. The number of anilines is 1. The molecule has 0 saturated heterocycles. The zero-order chi connectivity index (χ0) is 17.5. The molecule has 23 heavy (non-hydrogen) atoms. The average Bonchev–Trinajstić information content (AvgIpc) is 2.48. The van der Waals surface area contributed by atoms with Crippen molar-refractivity contribution in [3.63, 3.8) is 0 Å². The molecule has 1 rings (SSSR count). The van der Waals surface area contributed by atoms with Crippen molar-refractivity contribution in [2.75, 3.05) is 25.1 Å². The second kappa shape index (κ2) is 8.53. The molecule has 0 aromatic heterocycles. The Balaban J connectivity index is 2.74. The maximum absolute atomic E-state index is 12.9. The normalized spacial score (nSPS) is 12.8. The van der Waals surface area contributed by atoms with Gasteiger partial charge in [0.25, 0.3) is 6.43 Å². The van der Waals surface area contributed by atoms with Crippen LogP contribution in [0.4, 0.5) is 27.6 Å². The lowest BCUT2D eigenvalue weighted by molar-refractivity contribution is -0.139. The quantitative estimate of drug-likeness (QED) is 0.580. The number of hydrogen-bond acceptors (Lipinski definition) is 4. The summed E-state index contributed by atoms with van der Waals surface area (Å²) < 4.78 is 72.5. The highest BCUT2D eigenvalue weighted by Gasteiger charge is 2.35. The molecule has 0 heterocycles. The van der Waals surface area contributed by atoms with Crippen molar-refractivity contribution in [2.24, 2.45) is 0 Å². The first-order chi connectivity index (χ1) is 10.7. The van der Waals surface area contributed by atoms with E-state index < -0.39 is 36.6 Å². The molecule has 1 atom stereocenters. The number of ether oxygens (including phenoxy) is 2. The van der Waals surface area contributed by atoms with Gasteiger partial charge in [-0.1, -0.05) is 0 Å². The van der Waals surface area contributed by atoms with Gasteiger partial charge in [-0.25, -0.2) is 8.78 Å². The Labute approximate surface area is 129 Å². The van der Waals surface area contributed by atoms with Crippen molar-refractivity contribution in [1.82, 2.24) is 0 Å². The standard InChI is InChI=1S/C14H15F5N2O2/c1-9(7-20)22-5-4-21-10-2-3-12(23-8-13(15)16)11(6-10)14(17,18)19/h2-3,6,9,13,21H,4-5,8H2,1H3. The second-order valence-corrected chi connectivity index (χ2v) is 4.48. The third-order valence-corrected chi connectivity index (χ3v) is 2.63. The van der Waals surface area contributed by atoms with Crippen molar-refractivity contribution in [3.05, 3.63) is 23.8 Å². The molecule has 1 unspecified atom stereocenters. The van der Waals surface area contributed by atoms with Crippen molar-refractivity contribution < 1.29 is 31.4 Å². The van der Waals surface area contributed by atoms with Crippen molar-refractivity contribution in [2.45, 2.75) is 25.6 Å². The Morgan fingerprint density at radius 3 is 2.57 bits per heavy atom. The first-order valence-corrected chi connectivity index (χ1v) is 6.61. The van der Waals surface area contributed by atoms with Crippen molar-refractivity contribution in [1.29, 1.82) is 5.26 Å². The Morgan fingerprint density at radius 2 is 2.00 bits per heavy atom. The Bertz CT molecular complexity index is 543. The van der Waals surface area contributed by atoms with Gasteiger partial charge in [-0.05, 0) is 25.1 Å². The predicted octanol–water partition coefficient (Wildman–Crippen LogP) is 3.69. The first-order valence-electron chi connectivity index (χ1n) is 6.61. The smallest absolute Gasteiger partial charge is 0.420 e. The van der Waals surface area contributed by atoms with Crippen LogP contribution in [-0.4, -0.2) is 32.3 Å². The maximum Gasteiger partial charge on any atom is 0.420 e. The monoisotopic (exact) mass is 338 g/mol. The van der Waals surface area contributed by atoms with Crippen LogP contribution in [0.25, 0.3) is 0 Å². The van der Waals surface area contributed by atoms with E-state index in [0.717, 1.165) is 12.1 Å². The summed E-state index contributed by atoms with van der Waals surface area (Å²) in [5.74, 6) is -0.655. The van der Waals surface area contributed by atoms with E-state index in [1.54, 1.807) is 0 Å². The Kier molecular flexibility index (Phi) is 7.03. The minimum absolute atomic E-state index is 0.125. The van der Waals surface area contributed by atoms with Crippen molar-refractivity contribution >= 4 is 5.69 Å². The predicted molar refractivity (Wildman–Crippen MR) is 72.5 cm³/mol. The van der Waals surface area contributed by atoms with Crippen molar-refractivity contribution in [3.8, 4) is 11.8 Å². The molecule has 0 spiro atoms. The van der Waals surface area contributed by atoms with Gasteiger partial charge in [0.2, 0.25) is 0 Å². The highest BCUT2D eigenvalue weighted by atomic mass is 19.4. The minimum Gasteiger partial charge on any atom is -0.487 e. The second-order valence-electron chi connectivity index (χ2n) is 4.48. The molecule has 9 heteroatoms. The molecule has 128 valence electrons. The topological polar surface area (TPSA) is 54.3 Å². The van der Waals surface area contributed by atoms with Gasteiger partial charge in [0, 0.05) is 12.2 Å². The van der Waals surface area contributed by atoms with Gasteiger partial charge in [0.1, 0.15) is 18.5 Å². The van der Waals surface area contributed by atoms with Crippen LogP contribution in [0.2, 0.25) is 0 Å². The largest absolute Gasteiger partial charge is 0.487 e. The summed E-state index contributed by atoms with van der Waals surface area (Å²) in [6.07, 6.45) is -8.22. The van der Waals surface area contributed by atoms with Crippen LogP contribution in [0.3, 0.4) is 0 Å². The molecule has 1 aromatic rings. The number of halogens is 5. The molecular formula is C14H15F5N2O2. The summed E-state index contributed by atoms with van der Waals surface area (Å²) in [7, 11) is 0. The number of rotatable bonds is 8. The average molecular weight is 338 g/mol. The van der Waals surface area contributed by atoms with E-state index in [1.165, 1.54) is 13.0 Å². The van der Waals surface area contributed by atoms with Crippen LogP contribution in [0.5, 0.6) is 5.75 Å². The molecule has 0 aliphatic rings. The van der Waals surface area contributed by atoms with Gasteiger partial charge in [0.05, 0.1) is 18.2 Å². The Morgan fingerprint density at radius 1 is 1.30 bits per heavy atom. The van der Waals surface area contributed by atoms with E-state index in [0.29, 0.717) is 0 Å². The van der Waals surface area contributed by atoms with Crippen LogP contribution in [-0.2, 0) is 10.9 Å². The number of nitrogens with one attached hydrogen (secondary N) is 1. The highest BCUT2D eigenvalue weighted by molar-refractivity contribution is 5.52. The molecule has 1 aromatic carbocycles. The number of alkyl halides is 5. The maximum atomic E-state index is 12.9. The van der Waals surface area contributed by atoms with Gasteiger partial charge in [-0.15, -0.1) is 0 Å².